The summed E-state index contributed by atoms with van der Waals surface area (Å²) in [5, 5.41) is 8.49. The molecule has 2 aromatic carbocycles. The fraction of sp³-hybridized carbons (Fsp3) is 0.333. The van der Waals surface area contributed by atoms with Crippen LogP contribution in [0.25, 0.3) is 0 Å². The third-order valence-electron chi connectivity index (χ3n) is 5.30. The predicted molar refractivity (Wildman–Crippen MR) is 111 cm³/mol. The summed E-state index contributed by atoms with van der Waals surface area (Å²) in [6.07, 6.45) is 3.09. The molecule has 0 unspecified atom stereocenters. The molecule has 2 aromatic rings. The molecule has 27 heavy (non-hydrogen) atoms. The Bertz CT molecular complexity index is 845. The predicted octanol–water partition coefficient (Wildman–Crippen LogP) is 4.38. The SMILES string of the molecule is Cc1cccc(NC(=O)NC(=O)CNC2(c3ccc(Br)cc3)CCC2)c1C. The summed E-state index contributed by atoms with van der Waals surface area (Å²) in [5.74, 6) is -0.346. The number of rotatable bonds is 5. The summed E-state index contributed by atoms with van der Waals surface area (Å²) in [6.45, 7) is 4.01. The highest BCUT2D eigenvalue weighted by Crippen LogP contribution is 2.41. The number of carbonyl (C=O) groups excluding carboxylic acids is 2. The molecule has 0 heterocycles. The van der Waals surface area contributed by atoms with Crippen LogP contribution in [-0.2, 0) is 10.3 Å². The van der Waals surface area contributed by atoms with E-state index in [1.807, 2.05) is 44.2 Å². The lowest BCUT2D eigenvalue weighted by Crippen LogP contribution is -2.52. The topological polar surface area (TPSA) is 70.2 Å². The standard InChI is InChI=1S/C21H24BrN3O2/c1-14-5-3-6-18(15(14)2)24-20(27)25-19(26)13-23-21(11-4-12-21)16-7-9-17(22)10-8-16/h3,5-10,23H,4,11-13H2,1-2H3,(H2,24,25,26,27). The van der Waals surface area contributed by atoms with Gasteiger partial charge in [0.2, 0.25) is 5.91 Å². The molecule has 0 saturated heterocycles. The maximum absolute atomic E-state index is 12.2. The third-order valence-corrected chi connectivity index (χ3v) is 5.83. The Labute approximate surface area is 168 Å². The molecule has 3 rings (SSSR count). The minimum absolute atomic E-state index is 0.0935. The van der Waals surface area contributed by atoms with Gasteiger partial charge in [0.15, 0.2) is 0 Å². The van der Waals surface area contributed by atoms with E-state index >= 15 is 0 Å². The van der Waals surface area contributed by atoms with Gasteiger partial charge in [0.1, 0.15) is 0 Å². The summed E-state index contributed by atoms with van der Waals surface area (Å²) in [7, 11) is 0. The molecule has 0 aromatic heterocycles. The van der Waals surface area contributed by atoms with E-state index in [0.717, 1.165) is 34.9 Å². The highest BCUT2D eigenvalue weighted by molar-refractivity contribution is 9.10. The van der Waals surface area contributed by atoms with Crippen LogP contribution in [0.4, 0.5) is 10.5 Å². The zero-order valence-corrected chi connectivity index (χ0v) is 17.2. The number of hydrogen-bond donors (Lipinski definition) is 3. The Balaban J connectivity index is 1.55. The molecule has 0 bridgehead atoms. The number of nitrogens with one attached hydrogen (secondary N) is 3. The molecule has 1 aliphatic carbocycles. The van der Waals surface area contributed by atoms with Gasteiger partial charge in [0, 0.05) is 15.7 Å². The largest absolute Gasteiger partial charge is 0.325 e. The average molecular weight is 430 g/mol. The van der Waals surface area contributed by atoms with Crippen LogP contribution in [0.1, 0.15) is 36.0 Å². The second-order valence-corrected chi connectivity index (χ2v) is 7.96. The maximum atomic E-state index is 12.2. The molecule has 3 amide bonds. The molecule has 3 N–H and O–H groups in total. The van der Waals surface area contributed by atoms with Crippen molar-refractivity contribution in [1.29, 1.82) is 0 Å². The molecule has 0 atom stereocenters. The van der Waals surface area contributed by atoms with Crippen LogP contribution < -0.4 is 16.0 Å². The van der Waals surface area contributed by atoms with Crippen molar-refractivity contribution in [3.8, 4) is 0 Å². The summed E-state index contributed by atoms with van der Waals surface area (Å²) >= 11 is 3.45. The molecule has 1 fully saturated rings. The molecule has 6 heteroatoms. The molecule has 0 spiro atoms. The highest BCUT2D eigenvalue weighted by atomic mass is 79.9. The van der Waals surface area contributed by atoms with Crippen molar-refractivity contribution in [2.75, 3.05) is 11.9 Å². The number of amides is 3. The van der Waals surface area contributed by atoms with E-state index in [0.29, 0.717) is 5.69 Å². The normalized spacial score (nSPS) is 14.9. The van der Waals surface area contributed by atoms with Crippen LogP contribution in [0.2, 0.25) is 0 Å². The van der Waals surface area contributed by atoms with Gasteiger partial charge in [-0.05, 0) is 68.0 Å². The minimum Gasteiger partial charge on any atom is -0.307 e. The average Bonchev–Trinajstić information content (AvgIpc) is 2.59. The van der Waals surface area contributed by atoms with Crippen molar-refractivity contribution >= 4 is 33.6 Å². The number of benzene rings is 2. The second kappa shape index (κ2) is 8.23. The number of aryl methyl sites for hydroxylation is 1. The first-order chi connectivity index (χ1) is 12.9. The molecule has 5 nitrogen and oxygen atoms in total. The second-order valence-electron chi connectivity index (χ2n) is 7.05. The van der Waals surface area contributed by atoms with E-state index < -0.39 is 6.03 Å². The summed E-state index contributed by atoms with van der Waals surface area (Å²) in [5.41, 5.74) is 3.77. The Morgan fingerprint density at radius 3 is 2.41 bits per heavy atom. The molecule has 1 aliphatic rings. The lowest BCUT2D eigenvalue weighted by Gasteiger charge is -2.43. The smallest absolute Gasteiger partial charge is 0.307 e. The van der Waals surface area contributed by atoms with Gasteiger partial charge in [-0.15, -0.1) is 0 Å². The highest BCUT2D eigenvalue weighted by Gasteiger charge is 2.38. The van der Waals surface area contributed by atoms with Crippen molar-refractivity contribution in [2.45, 2.75) is 38.6 Å². The Morgan fingerprint density at radius 2 is 1.78 bits per heavy atom. The monoisotopic (exact) mass is 429 g/mol. The minimum atomic E-state index is -0.512. The van der Waals surface area contributed by atoms with Crippen LogP contribution in [-0.4, -0.2) is 18.5 Å². The zero-order valence-electron chi connectivity index (χ0n) is 15.6. The number of hydrogen-bond acceptors (Lipinski definition) is 3. The van der Waals surface area contributed by atoms with Crippen molar-refractivity contribution in [2.24, 2.45) is 0 Å². The molecular formula is C21H24BrN3O2. The van der Waals surface area contributed by atoms with Gasteiger partial charge in [0.25, 0.3) is 0 Å². The van der Waals surface area contributed by atoms with Crippen molar-refractivity contribution in [3.63, 3.8) is 0 Å². The summed E-state index contributed by atoms with van der Waals surface area (Å²) in [4.78, 5) is 24.4. The summed E-state index contributed by atoms with van der Waals surface area (Å²) < 4.78 is 1.03. The number of anilines is 1. The van der Waals surface area contributed by atoms with Gasteiger partial charge in [-0.25, -0.2) is 4.79 Å². The number of imide groups is 1. The van der Waals surface area contributed by atoms with Gasteiger partial charge in [-0.2, -0.15) is 0 Å². The number of halogens is 1. The van der Waals surface area contributed by atoms with Gasteiger partial charge >= 0.3 is 6.03 Å². The van der Waals surface area contributed by atoms with E-state index in [9.17, 15) is 9.59 Å². The zero-order chi connectivity index (χ0) is 19.4. The van der Waals surface area contributed by atoms with Gasteiger partial charge in [0.05, 0.1) is 6.54 Å². The Morgan fingerprint density at radius 1 is 1.07 bits per heavy atom. The maximum Gasteiger partial charge on any atom is 0.325 e. The van der Waals surface area contributed by atoms with Crippen molar-refractivity contribution < 1.29 is 9.59 Å². The quantitative estimate of drug-likeness (QED) is 0.659. The van der Waals surface area contributed by atoms with Crippen LogP contribution >= 0.6 is 15.9 Å². The van der Waals surface area contributed by atoms with Gasteiger partial charge in [-0.3, -0.25) is 15.4 Å². The van der Waals surface area contributed by atoms with Crippen LogP contribution in [0.5, 0.6) is 0 Å². The summed E-state index contributed by atoms with van der Waals surface area (Å²) in [6, 6.07) is 13.3. The molecule has 1 saturated carbocycles. The third kappa shape index (κ3) is 4.57. The van der Waals surface area contributed by atoms with E-state index in [2.05, 4.69) is 44.0 Å². The first kappa shape index (κ1) is 19.6. The molecule has 142 valence electrons. The molecular weight excluding hydrogens is 406 g/mol. The van der Waals surface area contributed by atoms with Crippen LogP contribution in [0.3, 0.4) is 0 Å². The number of urea groups is 1. The van der Waals surface area contributed by atoms with Gasteiger partial charge < -0.3 is 5.32 Å². The number of carbonyl (C=O) groups is 2. The van der Waals surface area contributed by atoms with E-state index in [4.69, 9.17) is 0 Å². The van der Waals surface area contributed by atoms with Crippen LogP contribution in [0.15, 0.2) is 46.9 Å². The van der Waals surface area contributed by atoms with Gasteiger partial charge in [-0.1, -0.05) is 40.2 Å². The Hall–Kier alpha value is -2.18. The first-order valence-electron chi connectivity index (χ1n) is 9.08. The van der Waals surface area contributed by atoms with E-state index in [1.54, 1.807) is 0 Å². The first-order valence-corrected chi connectivity index (χ1v) is 9.87. The Kier molecular flexibility index (Phi) is 5.97. The fourth-order valence-electron chi connectivity index (χ4n) is 3.33. The van der Waals surface area contributed by atoms with E-state index in [-0.39, 0.29) is 18.0 Å². The van der Waals surface area contributed by atoms with Crippen molar-refractivity contribution in [1.82, 2.24) is 10.6 Å². The molecule has 0 aliphatic heterocycles. The lowest BCUT2D eigenvalue weighted by molar-refractivity contribution is -0.119. The fourth-order valence-corrected chi connectivity index (χ4v) is 3.59. The van der Waals surface area contributed by atoms with E-state index in [1.165, 1.54) is 5.56 Å². The lowest BCUT2D eigenvalue weighted by atomic mass is 9.72. The van der Waals surface area contributed by atoms with Crippen molar-refractivity contribution in [3.05, 3.63) is 63.6 Å². The van der Waals surface area contributed by atoms with Crippen LogP contribution in [0, 0.1) is 13.8 Å². The molecule has 0 radical (unpaired) electrons.